The van der Waals surface area contributed by atoms with Crippen molar-refractivity contribution in [2.24, 2.45) is 5.92 Å². The van der Waals surface area contributed by atoms with Crippen LogP contribution in [0.1, 0.15) is 33.3 Å². The minimum atomic E-state index is -0.436. The molecule has 1 saturated heterocycles. The fourth-order valence-electron chi connectivity index (χ4n) is 3.41. The van der Waals surface area contributed by atoms with E-state index in [2.05, 4.69) is 35.3 Å². The number of carbonyl (C=O) groups excluding carboxylic acids is 1. The number of hydrogen-bond donors (Lipinski definition) is 1. The number of carbonyl (C=O) groups is 1. The smallest absolute Gasteiger partial charge is 0.410 e. The topological polar surface area (TPSA) is 44.8 Å². The van der Waals surface area contributed by atoms with Gasteiger partial charge >= 0.3 is 6.09 Å². The van der Waals surface area contributed by atoms with Crippen molar-refractivity contribution in [2.75, 3.05) is 42.9 Å². The van der Waals surface area contributed by atoms with Crippen molar-refractivity contribution in [2.45, 2.75) is 39.7 Å². The fourth-order valence-corrected chi connectivity index (χ4v) is 3.41. The van der Waals surface area contributed by atoms with E-state index in [0.29, 0.717) is 19.0 Å². The Bertz CT molecular complexity index is 601. The molecular formula is C19H29N3O2. The third-order valence-electron chi connectivity index (χ3n) is 4.62. The van der Waals surface area contributed by atoms with Gasteiger partial charge in [0.1, 0.15) is 5.60 Å². The highest BCUT2D eigenvalue weighted by molar-refractivity contribution is 5.70. The molecule has 3 rings (SSSR count). The number of nitrogens with zero attached hydrogens (tertiary/aromatic N) is 2. The molecule has 2 aliphatic heterocycles. The normalized spacial score (nSPS) is 21.1. The second-order valence-corrected chi connectivity index (χ2v) is 7.95. The third-order valence-corrected chi connectivity index (χ3v) is 4.62. The van der Waals surface area contributed by atoms with Crippen LogP contribution in [0.3, 0.4) is 0 Å². The summed E-state index contributed by atoms with van der Waals surface area (Å²) in [6.45, 7) is 12.2. The van der Waals surface area contributed by atoms with Gasteiger partial charge in [-0.05, 0) is 50.8 Å². The summed E-state index contributed by atoms with van der Waals surface area (Å²) < 4.78 is 5.48. The van der Waals surface area contributed by atoms with Crippen LogP contribution in [0, 0.1) is 5.92 Å². The van der Waals surface area contributed by atoms with Gasteiger partial charge in [0.2, 0.25) is 0 Å². The lowest BCUT2D eigenvalue weighted by molar-refractivity contribution is 0.0240. The summed E-state index contributed by atoms with van der Waals surface area (Å²) in [6, 6.07) is 6.50. The van der Waals surface area contributed by atoms with E-state index in [4.69, 9.17) is 4.74 Å². The largest absolute Gasteiger partial charge is 0.444 e. The lowest BCUT2D eigenvalue weighted by Gasteiger charge is -2.38. The summed E-state index contributed by atoms with van der Waals surface area (Å²) >= 11 is 0. The average molecular weight is 331 g/mol. The Balaban J connectivity index is 1.66. The molecule has 24 heavy (non-hydrogen) atoms. The second-order valence-electron chi connectivity index (χ2n) is 7.95. The summed E-state index contributed by atoms with van der Waals surface area (Å²) in [5.74, 6) is 0.654. The first kappa shape index (κ1) is 16.9. The van der Waals surface area contributed by atoms with Crippen LogP contribution in [0.25, 0.3) is 0 Å². The molecule has 1 unspecified atom stereocenters. The van der Waals surface area contributed by atoms with E-state index in [-0.39, 0.29) is 6.09 Å². The number of ether oxygens (including phenoxy) is 1. The molecule has 0 bridgehead atoms. The molecule has 1 fully saturated rings. The van der Waals surface area contributed by atoms with Crippen LogP contribution in [0.5, 0.6) is 0 Å². The van der Waals surface area contributed by atoms with Gasteiger partial charge < -0.3 is 19.9 Å². The van der Waals surface area contributed by atoms with E-state index in [1.54, 1.807) is 0 Å². The average Bonchev–Trinajstić information content (AvgIpc) is 2.53. The van der Waals surface area contributed by atoms with Gasteiger partial charge in [-0.3, -0.25) is 0 Å². The van der Waals surface area contributed by atoms with Crippen LogP contribution >= 0.6 is 0 Å². The molecule has 5 nitrogen and oxygen atoms in total. The Hall–Kier alpha value is -1.91. The molecule has 1 amide bonds. The van der Waals surface area contributed by atoms with Gasteiger partial charge in [-0.2, -0.15) is 0 Å². The number of nitrogens with one attached hydrogen (secondary N) is 1. The maximum atomic E-state index is 12.2. The zero-order valence-electron chi connectivity index (χ0n) is 15.3. The number of piperazine rings is 1. The van der Waals surface area contributed by atoms with Gasteiger partial charge in [0.05, 0.1) is 0 Å². The minimum absolute atomic E-state index is 0.201. The maximum Gasteiger partial charge on any atom is 0.410 e. The Morgan fingerprint density at radius 3 is 2.58 bits per heavy atom. The summed E-state index contributed by atoms with van der Waals surface area (Å²) in [5.41, 5.74) is 3.56. The summed E-state index contributed by atoms with van der Waals surface area (Å²) in [4.78, 5) is 16.4. The number of amides is 1. The number of rotatable bonds is 1. The Kier molecular flexibility index (Phi) is 4.61. The SMILES string of the molecule is CC1CNc2cccc(N3CCN(C(=O)OC(C)(C)C)CC3)c2C1. The van der Waals surface area contributed by atoms with Crippen LogP contribution < -0.4 is 10.2 Å². The molecule has 0 saturated carbocycles. The zero-order chi connectivity index (χ0) is 17.3. The number of fused-ring (bicyclic) bond motifs is 1. The highest BCUT2D eigenvalue weighted by Crippen LogP contribution is 2.33. The lowest BCUT2D eigenvalue weighted by Crippen LogP contribution is -2.50. The van der Waals surface area contributed by atoms with Gasteiger partial charge in [-0.15, -0.1) is 0 Å². The molecule has 2 aliphatic rings. The zero-order valence-corrected chi connectivity index (χ0v) is 15.3. The van der Waals surface area contributed by atoms with E-state index >= 15 is 0 Å². The van der Waals surface area contributed by atoms with Gasteiger partial charge in [0, 0.05) is 44.1 Å². The van der Waals surface area contributed by atoms with Gasteiger partial charge in [-0.1, -0.05) is 13.0 Å². The maximum absolute atomic E-state index is 12.2. The van der Waals surface area contributed by atoms with E-state index in [1.165, 1.54) is 16.9 Å². The van der Waals surface area contributed by atoms with Gasteiger partial charge in [0.15, 0.2) is 0 Å². The molecule has 2 heterocycles. The molecule has 1 atom stereocenters. The Morgan fingerprint density at radius 1 is 1.21 bits per heavy atom. The first-order valence-corrected chi connectivity index (χ1v) is 8.92. The molecule has 0 aliphatic carbocycles. The molecule has 132 valence electrons. The van der Waals surface area contributed by atoms with Gasteiger partial charge in [-0.25, -0.2) is 4.79 Å². The quantitative estimate of drug-likeness (QED) is 0.857. The summed E-state index contributed by atoms with van der Waals surface area (Å²) in [7, 11) is 0. The number of hydrogen-bond acceptors (Lipinski definition) is 4. The van der Waals surface area contributed by atoms with Crippen molar-refractivity contribution in [3.05, 3.63) is 23.8 Å². The van der Waals surface area contributed by atoms with Crippen molar-refractivity contribution in [3.8, 4) is 0 Å². The summed E-state index contributed by atoms with van der Waals surface area (Å²) in [6.07, 6.45) is 0.914. The molecule has 0 spiro atoms. The summed E-state index contributed by atoms with van der Waals surface area (Å²) in [5, 5.41) is 3.53. The first-order valence-electron chi connectivity index (χ1n) is 8.92. The van der Waals surface area contributed by atoms with Crippen LogP contribution in [-0.2, 0) is 11.2 Å². The molecule has 1 aromatic rings. The minimum Gasteiger partial charge on any atom is -0.444 e. The van der Waals surface area contributed by atoms with E-state index in [1.807, 2.05) is 25.7 Å². The van der Waals surface area contributed by atoms with Crippen molar-refractivity contribution in [3.63, 3.8) is 0 Å². The highest BCUT2D eigenvalue weighted by Gasteiger charge is 2.27. The number of anilines is 2. The molecule has 1 N–H and O–H groups in total. The molecular weight excluding hydrogens is 302 g/mol. The molecule has 0 aromatic heterocycles. The van der Waals surface area contributed by atoms with Crippen molar-refractivity contribution >= 4 is 17.5 Å². The van der Waals surface area contributed by atoms with E-state index in [9.17, 15) is 4.79 Å². The molecule has 1 aromatic carbocycles. The Morgan fingerprint density at radius 2 is 1.92 bits per heavy atom. The predicted octanol–water partition coefficient (Wildman–Crippen LogP) is 3.35. The second kappa shape index (κ2) is 6.54. The monoisotopic (exact) mass is 331 g/mol. The first-order chi connectivity index (χ1) is 11.3. The molecule has 5 heteroatoms. The van der Waals surface area contributed by atoms with Crippen LogP contribution in [-0.4, -0.2) is 49.3 Å². The van der Waals surface area contributed by atoms with Crippen LogP contribution in [0.15, 0.2) is 18.2 Å². The highest BCUT2D eigenvalue weighted by atomic mass is 16.6. The Labute approximate surface area is 145 Å². The van der Waals surface area contributed by atoms with Gasteiger partial charge in [0.25, 0.3) is 0 Å². The van der Waals surface area contributed by atoms with Crippen molar-refractivity contribution in [1.29, 1.82) is 0 Å². The number of benzene rings is 1. The standard InChI is InChI=1S/C19H29N3O2/c1-14-12-15-16(20-13-14)6-5-7-17(15)21-8-10-22(11-9-21)18(23)24-19(2,3)4/h5-7,14,20H,8-13H2,1-4H3. The van der Waals surface area contributed by atoms with E-state index in [0.717, 1.165) is 26.1 Å². The van der Waals surface area contributed by atoms with E-state index < -0.39 is 5.60 Å². The predicted molar refractivity (Wildman–Crippen MR) is 97.8 cm³/mol. The third kappa shape index (κ3) is 3.77. The molecule has 0 radical (unpaired) electrons. The van der Waals surface area contributed by atoms with Crippen LogP contribution in [0.4, 0.5) is 16.2 Å². The van der Waals surface area contributed by atoms with Crippen molar-refractivity contribution in [1.82, 2.24) is 4.90 Å². The van der Waals surface area contributed by atoms with Crippen molar-refractivity contribution < 1.29 is 9.53 Å². The fraction of sp³-hybridized carbons (Fsp3) is 0.632. The lowest BCUT2D eigenvalue weighted by atomic mass is 9.93. The van der Waals surface area contributed by atoms with Crippen LogP contribution in [0.2, 0.25) is 0 Å².